The van der Waals surface area contributed by atoms with Gasteiger partial charge in [0.05, 0.1) is 11.8 Å². The molecule has 0 aliphatic rings. The van der Waals surface area contributed by atoms with Crippen molar-refractivity contribution in [2.24, 2.45) is 0 Å². The lowest BCUT2D eigenvalue weighted by Gasteiger charge is -2.17. The van der Waals surface area contributed by atoms with Gasteiger partial charge in [0.1, 0.15) is 9.90 Å². The Labute approximate surface area is 133 Å². The highest BCUT2D eigenvalue weighted by Gasteiger charge is 2.25. The summed E-state index contributed by atoms with van der Waals surface area (Å²) in [4.78, 5) is 1.33. The summed E-state index contributed by atoms with van der Waals surface area (Å²) in [5, 5.41) is 5.88. The van der Waals surface area contributed by atoms with Crippen LogP contribution in [0, 0.1) is 0 Å². The number of hydrogen-bond acceptors (Lipinski definition) is 7. The number of nitrogen functional groups attached to an aromatic ring is 1. The normalized spacial score (nSPS) is 13.2. The summed E-state index contributed by atoms with van der Waals surface area (Å²) < 4.78 is 28.4. The summed E-state index contributed by atoms with van der Waals surface area (Å²) in [5.74, 6) is 0.104. The Kier molecular flexibility index (Phi) is 5.23. The minimum Gasteiger partial charge on any atom is -0.382 e. The average molecular weight is 346 g/mol. The number of nitrogens with zero attached hydrogens (tertiary/aromatic N) is 1. The van der Waals surface area contributed by atoms with Crippen LogP contribution in [0.1, 0.15) is 37.6 Å². The average Bonchev–Trinajstić information content (AvgIpc) is 3.08. The number of nitrogens with two attached hydrogens (primary N) is 1. The Morgan fingerprint density at radius 2 is 2.19 bits per heavy atom. The van der Waals surface area contributed by atoms with E-state index >= 15 is 0 Å². The van der Waals surface area contributed by atoms with Crippen LogP contribution < -0.4 is 11.1 Å². The lowest BCUT2D eigenvalue weighted by molar-refractivity contribution is 0.597. The first-order chi connectivity index (χ1) is 9.99. The van der Waals surface area contributed by atoms with Gasteiger partial charge < -0.3 is 11.1 Å². The summed E-state index contributed by atoms with van der Waals surface area (Å²) >= 11 is 2.77. The summed E-state index contributed by atoms with van der Waals surface area (Å²) in [6, 6.07) is 4.13. The number of sulfone groups is 1. The first-order valence-corrected chi connectivity index (χ1v) is 10.1. The molecule has 2 heterocycles. The van der Waals surface area contributed by atoms with Gasteiger partial charge in [-0.2, -0.15) is 4.37 Å². The lowest BCUT2D eigenvalue weighted by atomic mass is 10.1. The highest BCUT2D eigenvalue weighted by Crippen LogP contribution is 2.36. The molecule has 0 spiro atoms. The quantitative estimate of drug-likeness (QED) is 0.802. The molecule has 2 aromatic heterocycles. The Balaban J connectivity index is 2.34. The first kappa shape index (κ1) is 16.3. The van der Waals surface area contributed by atoms with E-state index in [-0.39, 0.29) is 22.5 Å². The third-order valence-electron chi connectivity index (χ3n) is 3.13. The van der Waals surface area contributed by atoms with Crippen LogP contribution in [0.15, 0.2) is 22.4 Å². The van der Waals surface area contributed by atoms with Crippen LogP contribution in [0.25, 0.3) is 0 Å². The van der Waals surface area contributed by atoms with E-state index in [9.17, 15) is 8.42 Å². The van der Waals surface area contributed by atoms with Gasteiger partial charge in [-0.1, -0.05) is 26.3 Å². The second-order valence-corrected chi connectivity index (χ2v) is 8.60. The van der Waals surface area contributed by atoms with Crippen LogP contribution >= 0.6 is 22.9 Å². The Bertz CT molecular complexity index is 678. The van der Waals surface area contributed by atoms with Crippen LogP contribution in [0.2, 0.25) is 0 Å². The van der Waals surface area contributed by atoms with E-state index in [0.29, 0.717) is 5.00 Å². The summed E-state index contributed by atoms with van der Waals surface area (Å²) in [7, 11) is -3.38. The molecule has 5 nitrogen and oxygen atoms in total. The van der Waals surface area contributed by atoms with Gasteiger partial charge in [0.25, 0.3) is 0 Å². The van der Waals surface area contributed by atoms with Crippen molar-refractivity contribution >= 4 is 43.5 Å². The monoisotopic (exact) mass is 345 g/mol. The molecule has 0 saturated carbocycles. The lowest BCUT2D eigenvalue weighted by Crippen LogP contribution is -2.13. The maximum absolute atomic E-state index is 12.2. The predicted octanol–water partition coefficient (Wildman–Crippen LogP) is 3.53. The third kappa shape index (κ3) is 3.56. The zero-order valence-electron chi connectivity index (χ0n) is 12.0. The molecule has 3 N–H and O–H groups in total. The van der Waals surface area contributed by atoms with Gasteiger partial charge in [0, 0.05) is 4.88 Å². The van der Waals surface area contributed by atoms with Crippen molar-refractivity contribution < 1.29 is 8.42 Å². The predicted molar refractivity (Wildman–Crippen MR) is 89.8 cm³/mol. The van der Waals surface area contributed by atoms with Gasteiger partial charge in [-0.05, 0) is 29.4 Å². The van der Waals surface area contributed by atoms with Crippen molar-refractivity contribution in [3.8, 4) is 0 Å². The molecule has 0 aliphatic carbocycles. The van der Waals surface area contributed by atoms with Crippen molar-refractivity contribution in [1.82, 2.24) is 4.37 Å². The number of anilines is 2. The highest BCUT2D eigenvalue weighted by atomic mass is 32.2. The Morgan fingerprint density at radius 3 is 2.76 bits per heavy atom. The van der Waals surface area contributed by atoms with E-state index in [1.165, 1.54) is 4.88 Å². The third-order valence-corrected chi connectivity index (χ3v) is 6.84. The summed E-state index contributed by atoms with van der Waals surface area (Å²) in [6.45, 7) is 3.71. The maximum atomic E-state index is 12.2. The van der Waals surface area contributed by atoms with Gasteiger partial charge in [-0.3, -0.25) is 0 Å². The molecule has 0 radical (unpaired) electrons. The minimum absolute atomic E-state index is 0.0156. The molecular formula is C13H19N3O2S3. The van der Waals surface area contributed by atoms with E-state index in [1.807, 2.05) is 11.4 Å². The number of rotatable bonds is 7. The van der Waals surface area contributed by atoms with E-state index < -0.39 is 9.84 Å². The molecule has 2 aromatic rings. The molecule has 21 heavy (non-hydrogen) atoms. The van der Waals surface area contributed by atoms with E-state index in [4.69, 9.17) is 5.73 Å². The minimum atomic E-state index is -3.38. The fourth-order valence-corrected chi connectivity index (χ4v) is 5.07. The van der Waals surface area contributed by atoms with Crippen molar-refractivity contribution in [3.05, 3.63) is 22.4 Å². The molecule has 1 atom stereocenters. The molecule has 8 heteroatoms. The molecule has 1 unspecified atom stereocenters. The maximum Gasteiger partial charge on any atom is 0.184 e. The first-order valence-electron chi connectivity index (χ1n) is 6.77. The highest BCUT2D eigenvalue weighted by molar-refractivity contribution is 7.91. The van der Waals surface area contributed by atoms with Crippen LogP contribution in [-0.4, -0.2) is 18.5 Å². The van der Waals surface area contributed by atoms with Crippen LogP contribution in [0.5, 0.6) is 0 Å². The van der Waals surface area contributed by atoms with Gasteiger partial charge in [0.2, 0.25) is 0 Å². The zero-order chi connectivity index (χ0) is 15.5. The van der Waals surface area contributed by atoms with Crippen molar-refractivity contribution in [2.75, 3.05) is 16.8 Å². The SMILES string of the molecule is CCCC(Nc1snc(N)c1S(=O)(=O)CC)c1cccs1. The van der Waals surface area contributed by atoms with E-state index in [2.05, 4.69) is 22.7 Å². The van der Waals surface area contributed by atoms with E-state index in [0.717, 1.165) is 24.4 Å². The summed E-state index contributed by atoms with van der Waals surface area (Å²) in [6.07, 6.45) is 1.92. The molecule has 0 saturated heterocycles. The molecule has 2 rings (SSSR count). The molecule has 0 bridgehead atoms. The topological polar surface area (TPSA) is 85.1 Å². The van der Waals surface area contributed by atoms with Gasteiger partial charge in [-0.15, -0.1) is 11.3 Å². The van der Waals surface area contributed by atoms with Crippen molar-refractivity contribution in [3.63, 3.8) is 0 Å². The number of thiophene rings is 1. The van der Waals surface area contributed by atoms with Crippen molar-refractivity contribution in [1.29, 1.82) is 0 Å². The van der Waals surface area contributed by atoms with Crippen LogP contribution in [-0.2, 0) is 9.84 Å². The molecular weight excluding hydrogens is 326 g/mol. The Morgan fingerprint density at radius 1 is 1.43 bits per heavy atom. The second kappa shape index (κ2) is 6.76. The Hall–Kier alpha value is -1.12. The van der Waals surface area contributed by atoms with Crippen LogP contribution in [0.4, 0.5) is 10.8 Å². The smallest absolute Gasteiger partial charge is 0.184 e. The fraction of sp³-hybridized carbons (Fsp3) is 0.462. The molecule has 0 fully saturated rings. The van der Waals surface area contributed by atoms with Crippen LogP contribution in [0.3, 0.4) is 0 Å². The zero-order valence-corrected chi connectivity index (χ0v) is 14.4. The van der Waals surface area contributed by atoms with Gasteiger partial charge in [-0.25, -0.2) is 8.42 Å². The molecule has 0 amide bonds. The van der Waals surface area contributed by atoms with E-state index in [1.54, 1.807) is 18.3 Å². The summed E-state index contributed by atoms with van der Waals surface area (Å²) in [5.41, 5.74) is 5.75. The standard InChI is InChI=1S/C13H19N3O2S3/c1-3-6-9(10-7-5-8-19-10)15-13-11(12(14)16-20-13)21(17,18)4-2/h5,7-9,15H,3-4,6H2,1-2H3,(H2,14,16). The number of hydrogen-bond donors (Lipinski definition) is 2. The largest absolute Gasteiger partial charge is 0.382 e. The van der Waals surface area contributed by atoms with Gasteiger partial charge in [0.15, 0.2) is 15.7 Å². The van der Waals surface area contributed by atoms with Crippen molar-refractivity contribution in [2.45, 2.75) is 37.6 Å². The number of nitrogens with one attached hydrogen (secondary N) is 1. The molecule has 116 valence electrons. The fourth-order valence-electron chi connectivity index (χ4n) is 2.05. The molecule has 0 aliphatic heterocycles. The second-order valence-electron chi connectivity index (χ2n) is 4.63. The van der Waals surface area contributed by atoms with Gasteiger partial charge >= 0.3 is 0 Å². The number of aromatic nitrogens is 1. The molecule has 0 aromatic carbocycles.